The second-order valence-electron chi connectivity index (χ2n) is 7.56. The van der Waals surface area contributed by atoms with Crippen LogP contribution in [0.15, 0.2) is 48.5 Å². The molecule has 2 aromatic carbocycles. The third-order valence-corrected chi connectivity index (χ3v) is 5.40. The van der Waals surface area contributed by atoms with Gasteiger partial charge in [0.2, 0.25) is 0 Å². The maximum absolute atomic E-state index is 12.1. The normalized spacial score (nSPS) is 20.2. The van der Waals surface area contributed by atoms with Crippen molar-refractivity contribution in [3.63, 3.8) is 0 Å². The van der Waals surface area contributed by atoms with Crippen LogP contribution in [0.5, 0.6) is 5.75 Å². The topological polar surface area (TPSA) is 26.3 Å². The Morgan fingerprint density at radius 3 is 2.24 bits per heavy atom. The quantitative estimate of drug-likeness (QED) is 0.496. The number of carbonyl (C=O) groups is 1. The predicted octanol–water partition coefficient (Wildman–Crippen LogP) is 5.97. The minimum absolute atomic E-state index is 0.302. The fourth-order valence-corrected chi connectivity index (χ4v) is 3.57. The third kappa shape index (κ3) is 5.19. The molecule has 2 aromatic rings. The van der Waals surface area contributed by atoms with Gasteiger partial charge in [-0.1, -0.05) is 62.4 Å². The van der Waals surface area contributed by atoms with Crippen LogP contribution in [-0.2, 0) is 6.42 Å². The summed E-state index contributed by atoms with van der Waals surface area (Å²) in [5.41, 5.74) is 3.04. The minimum Gasteiger partial charge on any atom is -0.423 e. The highest BCUT2D eigenvalue weighted by atomic mass is 16.5. The molecule has 0 N–H and O–H groups in total. The largest absolute Gasteiger partial charge is 0.423 e. The Balaban J connectivity index is 1.50. The summed E-state index contributed by atoms with van der Waals surface area (Å²) >= 11 is 0. The van der Waals surface area contributed by atoms with Gasteiger partial charge in [0.15, 0.2) is 0 Å². The molecule has 1 saturated carbocycles. The molecule has 0 atom stereocenters. The summed E-state index contributed by atoms with van der Waals surface area (Å²) in [5, 5.41) is 0. The summed E-state index contributed by atoms with van der Waals surface area (Å²) in [5.74, 6) is 2.11. The van der Waals surface area contributed by atoms with E-state index in [1.165, 1.54) is 37.7 Å². The molecule has 0 amide bonds. The van der Waals surface area contributed by atoms with Crippen molar-refractivity contribution < 1.29 is 9.53 Å². The van der Waals surface area contributed by atoms with Crippen LogP contribution in [0.3, 0.4) is 0 Å². The van der Waals surface area contributed by atoms with Crippen molar-refractivity contribution in [1.82, 2.24) is 0 Å². The van der Waals surface area contributed by atoms with Gasteiger partial charge < -0.3 is 4.74 Å². The summed E-state index contributed by atoms with van der Waals surface area (Å²) in [6, 6.07) is 15.4. The second kappa shape index (κ2) is 8.33. The zero-order valence-electron chi connectivity index (χ0n) is 15.3. The molecule has 3 rings (SSSR count). The van der Waals surface area contributed by atoms with E-state index in [-0.39, 0.29) is 5.97 Å². The van der Waals surface area contributed by atoms with E-state index >= 15 is 0 Å². The molecule has 0 aromatic heterocycles. The number of carbonyl (C=O) groups excluding carboxylic acids is 1. The SMILES string of the molecule is Cc1ccc(C(=O)Oc2ccc(CCC3CCC(C)CC3)cc2)cc1. The Morgan fingerprint density at radius 2 is 1.60 bits per heavy atom. The van der Waals surface area contributed by atoms with Gasteiger partial charge >= 0.3 is 5.97 Å². The maximum Gasteiger partial charge on any atom is 0.343 e. The molecule has 2 heteroatoms. The van der Waals surface area contributed by atoms with Crippen molar-refractivity contribution in [2.75, 3.05) is 0 Å². The van der Waals surface area contributed by atoms with E-state index in [0.29, 0.717) is 11.3 Å². The summed E-state index contributed by atoms with van der Waals surface area (Å²) in [4.78, 5) is 12.1. The van der Waals surface area contributed by atoms with E-state index in [9.17, 15) is 4.79 Å². The lowest BCUT2D eigenvalue weighted by Gasteiger charge is -2.26. The first-order valence-electron chi connectivity index (χ1n) is 9.48. The fraction of sp³-hybridized carbons (Fsp3) is 0.435. The van der Waals surface area contributed by atoms with Crippen LogP contribution in [-0.4, -0.2) is 5.97 Å². The molecule has 0 bridgehead atoms. The first kappa shape index (κ1) is 17.7. The number of aryl methyl sites for hydroxylation is 2. The average molecular weight is 336 g/mol. The molecular formula is C23H28O2. The van der Waals surface area contributed by atoms with Crippen LogP contribution in [0.25, 0.3) is 0 Å². The summed E-state index contributed by atoms with van der Waals surface area (Å²) in [6.45, 7) is 4.37. The Kier molecular flexibility index (Phi) is 5.91. The van der Waals surface area contributed by atoms with E-state index in [0.717, 1.165) is 23.8 Å². The van der Waals surface area contributed by atoms with E-state index in [1.54, 1.807) is 12.1 Å². The van der Waals surface area contributed by atoms with Crippen molar-refractivity contribution in [1.29, 1.82) is 0 Å². The van der Waals surface area contributed by atoms with Crippen LogP contribution < -0.4 is 4.74 Å². The Hall–Kier alpha value is -2.09. The third-order valence-electron chi connectivity index (χ3n) is 5.40. The fourth-order valence-electron chi connectivity index (χ4n) is 3.57. The zero-order valence-corrected chi connectivity index (χ0v) is 15.3. The number of hydrogen-bond donors (Lipinski definition) is 0. The van der Waals surface area contributed by atoms with Gasteiger partial charge in [0, 0.05) is 0 Å². The highest BCUT2D eigenvalue weighted by Gasteiger charge is 2.17. The lowest BCUT2D eigenvalue weighted by atomic mass is 9.80. The number of benzene rings is 2. The van der Waals surface area contributed by atoms with E-state index in [2.05, 4.69) is 19.1 Å². The first-order valence-corrected chi connectivity index (χ1v) is 9.48. The molecule has 0 radical (unpaired) electrons. The van der Waals surface area contributed by atoms with Gasteiger partial charge in [-0.3, -0.25) is 0 Å². The van der Waals surface area contributed by atoms with Gasteiger partial charge in [0.05, 0.1) is 5.56 Å². The number of ether oxygens (including phenoxy) is 1. The Labute approximate surface area is 151 Å². The van der Waals surface area contributed by atoms with E-state index in [1.807, 2.05) is 31.2 Å². The van der Waals surface area contributed by atoms with Crippen molar-refractivity contribution in [2.24, 2.45) is 11.8 Å². The smallest absolute Gasteiger partial charge is 0.343 e. The van der Waals surface area contributed by atoms with Crippen LogP contribution in [0, 0.1) is 18.8 Å². The maximum atomic E-state index is 12.1. The molecule has 0 aliphatic heterocycles. The van der Waals surface area contributed by atoms with Crippen LogP contribution in [0.4, 0.5) is 0 Å². The monoisotopic (exact) mass is 336 g/mol. The molecule has 0 heterocycles. The lowest BCUT2D eigenvalue weighted by molar-refractivity contribution is 0.0734. The average Bonchev–Trinajstić information content (AvgIpc) is 2.63. The van der Waals surface area contributed by atoms with E-state index < -0.39 is 0 Å². The predicted molar refractivity (Wildman–Crippen MR) is 102 cm³/mol. The number of hydrogen-bond acceptors (Lipinski definition) is 2. The number of rotatable bonds is 5. The summed E-state index contributed by atoms with van der Waals surface area (Å²) in [6.07, 6.45) is 7.93. The van der Waals surface area contributed by atoms with Gasteiger partial charge in [0.1, 0.15) is 5.75 Å². The highest BCUT2D eigenvalue weighted by molar-refractivity contribution is 5.91. The van der Waals surface area contributed by atoms with Crippen molar-refractivity contribution >= 4 is 5.97 Å². The Morgan fingerprint density at radius 1 is 0.960 bits per heavy atom. The van der Waals surface area contributed by atoms with Crippen molar-refractivity contribution in [3.05, 3.63) is 65.2 Å². The van der Waals surface area contributed by atoms with E-state index in [4.69, 9.17) is 4.74 Å². The summed E-state index contributed by atoms with van der Waals surface area (Å²) in [7, 11) is 0. The second-order valence-corrected chi connectivity index (χ2v) is 7.56. The molecular weight excluding hydrogens is 308 g/mol. The standard InChI is InChI=1S/C23H28O2/c1-17-3-7-19(8-4-17)9-10-20-11-15-22(16-12-20)25-23(24)21-13-5-18(2)6-14-21/h5-6,11-17,19H,3-4,7-10H2,1-2H3. The minimum atomic E-state index is -0.302. The molecule has 1 aliphatic rings. The van der Waals surface area contributed by atoms with Gasteiger partial charge in [-0.15, -0.1) is 0 Å². The molecule has 1 fully saturated rings. The number of esters is 1. The highest BCUT2D eigenvalue weighted by Crippen LogP contribution is 2.31. The van der Waals surface area contributed by atoms with Gasteiger partial charge in [-0.05, 0) is 61.4 Å². The molecule has 132 valence electrons. The first-order chi connectivity index (χ1) is 12.1. The zero-order chi connectivity index (χ0) is 17.6. The Bertz CT molecular complexity index is 677. The molecule has 0 spiro atoms. The molecule has 0 saturated heterocycles. The van der Waals surface area contributed by atoms with Crippen molar-refractivity contribution in [2.45, 2.75) is 52.4 Å². The van der Waals surface area contributed by atoms with Gasteiger partial charge in [0.25, 0.3) is 0 Å². The lowest BCUT2D eigenvalue weighted by Crippen LogP contribution is -2.13. The summed E-state index contributed by atoms with van der Waals surface area (Å²) < 4.78 is 5.46. The van der Waals surface area contributed by atoms with Gasteiger partial charge in [-0.25, -0.2) is 4.79 Å². The van der Waals surface area contributed by atoms with Crippen LogP contribution >= 0.6 is 0 Å². The molecule has 0 unspecified atom stereocenters. The molecule has 25 heavy (non-hydrogen) atoms. The van der Waals surface area contributed by atoms with Crippen molar-refractivity contribution in [3.8, 4) is 5.75 Å². The van der Waals surface area contributed by atoms with Crippen LogP contribution in [0.1, 0.15) is 60.5 Å². The van der Waals surface area contributed by atoms with Gasteiger partial charge in [-0.2, -0.15) is 0 Å². The van der Waals surface area contributed by atoms with Crippen LogP contribution in [0.2, 0.25) is 0 Å². The molecule has 2 nitrogen and oxygen atoms in total. The molecule has 1 aliphatic carbocycles.